The van der Waals surface area contributed by atoms with Crippen molar-refractivity contribution in [2.24, 2.45) is 0 Å². The lowest BCUT2D eigenvalue weighted by Gasteiger charge is -2.34. The average molecular weight is 486 g/mol. The Morgan fingerprint density at radius 3 is 2.97 bits per heavy atom. The number of nitrogens with zero attached hydrogens (tertiary/aromatic N) is 4. The second-order valence-electron chi connectivity index (χ2n) is 9.03. The number of morpholine rings is 1. The van der Waals surface area contributed by atoms with Crippen LogP contribution in [-0.2, 0) is 20.8 Å². The Hall–Kier alpha value is -2.82. The summed E-state index contributed by atoms with van der Waals surface area (Å²) >= 11 is 1.69. The number of carbonyl (C=O) groups excluding carboxylic acids is 1. The second kappa shape index (κ2) is 10.6. The van der Waals surface area contributed by atoms with Crippen molar-refractivity contribution < 1.29 is 19.0 Å². The zero-order valence-electron chi connectivity index (χ0n) is 20.0. The molecule has 1 aliphatic rings. The number of aromatic nitrogens is 3. The third-order valence-electron chi connectivity index (χ3n) is 5.22. The largest absolute Gasteiger partial charge is 0.444 e. The molecule has 0 unspecified atom stereocenters. The predicted octanol–water partition coefficient (Wildman–Crippen LogP) is 4.35. The van der Waals surface area contributed by atoms with Crippen LogP contribution in [0.15, 0.2) is 47.8 Å². The van der Waals surface area contributed by atoms with Crippen molar-refractivity contribution in [3.63, 3.8) is 0 Å². The molecule has 1 atom stereocenters. The van der Waals surface area contributed by atoms with E-state index in [0.717, 1.165) is 16.8 Å². The molecule has 9 nitrogen and oxygen atoms in total. The van der Waals surface area contributed by atoms with E-state index < -0.39 is 5.60 Å². The molecule has 4 rings (SSSR count). The van der Waals surface area contributed by atoms with Gasteiger partial charge in [-0.15, -0.1) is 11.8 Å². The number of hydrogen-bond acceptors (Lipinski definition) is 8. The van der Waals surface area contributed by atoms with E-state index in [1.165, 1.54) is 11.2 Å². The topological polar surface area (TPSA) is 90.2 Å². The molecule has 0 saturated carbocycles. The average Bonchev–Trinajstić information content (AvgIpc) is 3.22. The molecule has 10 heteroatoms. The summed E-state index contributed by atoms with van der Waals surface area (Å²) in [6.07, 6.45) is 4.93. The molecule has 1 amide bonds. The maximum absolute atomic E-state index is 12.4. The van der Waals surface area contributed by atoms with E-state index in [-0.39, 0.29) is 12.2 Å². The Labute approximate surface area is 203 Å². The molecule has 0 radical (unpaired) electrons. The lowest BCUT2D eigenvalue weighted by molar-refractivity contribution is -0.0749. The zero-order valence-corrected chi connectivity index (χ0v) is 20.8. The number of nitrogens with one attached hydrogen (secondary N) is 1. The highest BCUT2D eigenvalue weighted by Gasteiger charge is 2.28. The summed E-state index contributed by atoms with van der Waals surface area (Å²) in [5.41, 5.74) is 2.25. The fraction of sp³-hybridized carbons (Fsp3) is 0.458. The molecule has 0 aliphatic carbocycles. The fourth-order valence-electron chi connectivity index (χ4n) is 3.68. The highest BCUT2D eigenvalue weighted by molar-refractivity contribution is 7.98. The Kier molecular flexibility index (Phi) is 7.60. The fourth-order valence-corrected chi connectivity index (χ4v) is 4.14. The molecule has 182 valence electrons. The van der Waals surface area contributed by atoms with Gasteiger partial charge in [-0.2, -0.15) is 5.10 Å². The molecular formula is C24H31N5O4S. The van der Waals surface area contributed by atoms with Gasteiger partial charge >= 0.3 is 6.09 Å². The maximum atomic E-state index is 12.4. The van der Waals surface area contributed by atoms with E-state index in [9.17, 15) is 4.79 Å². The Morgan fingerprint density at radius 2 is 2.18 bits per heavy atom. The number of benzene rings is 1. The van der Waals surface area contributed by atoms with E-state index in [0.29, 0.717) is 38.7 Å². The molecule has 1 saturated heterocycles. The van der Waals surface area contributed by atoms with Gasteiger partial charge in [0, 0.05) is 28.9 Å². The summed E-state index contributed by atoms with van der Waals surface area (Å²) in [6, 6.07) is 10.1. The first kappa shape index (κ1) is 24.3. The standard InChI is InChI=1S/C24H31N5O4S/c1-24(2,3)33-23(30)28-10-11-32-19(13-28)15-31-14-17-8-9-29-21(17)22(25-16-26-29)27-18-6-5-7-20(12-18)34-4/h5-9,12,16,19H,10-11,13-15H2,1-4H3,(H,25,26,27)/t19-/m0/s1. The van der Waals surface area contributed by atoms with E-state index >= 15 is 0 Å². The maximum Gasteiger partial charge on any atom is 0.410 e. The highest BCUT2D eigenvalue weighted by atomic mass is 32.2. The highest BCUT2D eigenvalue weighted by Crippen LogP contribution is 2.26. The number of fused-ring (bicyclic) bond motifs is 1. The molecule has 3 aromatic rings. The van der Waals surface area contributed by atoms with Crippen molar-refractivity contribution in [2.75, 3.05) is 37.9 Å². The number of anilines is 2. The minimum atomic E-state index is -0.525. The summed E-state index contributed by atoms with van der Waals surface area (Å²) in [5.74, 6) is 0.710. The van der Waals surface area contributed by atoms with Gasteiger partial charge < -0.3 is 24.4 Å². The molecule has 0 bridgehead atoms. The van der Waals surface area contributed by atoms with Crippen molar-refractivity contribution in [3.8, 4) is 0 Å². The summed E-state index contributed by atoms with van der Waals surface area (Å²) in [4.78, 5) is 19.7. The van der Waals surface area contributed by atoms with Gasteiger partial charge in [-0.3, -0.25) is 0 Å². The van der Waals surface area contributed by atoms with E-state index in [1.807, 2.05) is 51.4 Å². The molecule has 1 aromatic carbocycles. The number of thioether (sulfide) groups is 1. The normalized spacial score (nSPS) is 16.6. The van der Waals surface area contributed by atoms with Crippen molar-refractivity contribution in [1.29, 1.82) is 0 Å². The van der Waals surface area contributed by atoms with Crippen LogP contribution in [-0.4, -0.2) is 69.9 Å². The molecule has 2 aromatic heterocycles. The van der Waals surface area contributed by atoms with Crippen LogP contribution in [0.5, 0.6) is 0 Å². The molecule has 0 spiro atoms. The molecule has 3 heterocycles. The van der Waals surface area contributed by atoms with Gasteiger partial charge in [0.2, 0.25) is 0 Å². The van der Waals surface area contributed by atoms with Gasteiger partial charge in [-0.05, 0) is 51.3 Å². The number of ether oxygens (including phenoxy) is 3. The second-order valence-corrected chi connectivity index (χ2v) is 9.91. The van der Waals surface area contributed by atoms with Crippen LogP contribution in [0.2, 0.25) is 0 Å². The van der Waals surface area contributed by atoms with Gasteiger partial charge in [0.25, 0.3) is 0 Å². The summed E-state index contributed by atoms with van der Waals surface area (Å²) in [6.45, 7) is 7.73. The van der Waals surface area contributed by atoms with Gasteiger partial charge in [0.05, 0.1) is 32.5 Å². The first-order valence-electron chi connectivity index (χ1n) is 11.2. The Morgan fingerprint density at radius 1 is 1.32 bits per heavy atom. The van der Waals surface area contributed by atoms with Crippen molar-refractivity contribution in [2.45, 2.75) is 44.0 Å². The quantitative estimate of drug-likeness (QED) is 0.494. The number of hydrogen-bond donors (Lipinski definition) is 1. The number of amides is 1. The molecular weight excluding hydrogens is 454 g/mol. The van der Waals surface area contributed by atoms with Crippen LogP contribution in [0.3, 0.4) is 0 Å². The zero-order chi connectivity index (χ0) is 24.1. The third-order valence-corrected chi connectivity index (χ3v) is 5.95. The number of carbonyl (C=O) groups is 1. The molecule has 1 aliphatic heterocycles. The van der Waals surface area contributed by atoms with Crippen LogP contribution >= 0.6 is 11.8 Å². The minimum absolute atomic E-state index is 0.210. The van der Waals surface area contributed by atoms with Crippen molar-refractivity contribution in [1.82, 2.24) is 19.5 Å². The number of rotatable bonds is 7. The monoisotopic (exact) mass is 485 g/mol. The van der Waals surface area contributed by atoms with Crippen molar-refractivity contribution in [3.05, 3.63) is 48.4 Å². The van der Waals surface area contributed by atoms with Gasteiger partial charge in [-0.25, -0.2) is 14.3 Å². The van der Waals surface area contributed by atoms with Gasteiger partial charge in [-0.1, -0.05) is 6.07 Å². The van der Waals surface area contributed by atoms with Crippen LogP contribution in [0, 0.1) is 0 Å². The van der Waals surface area contributed by atoms with Crippen LogP contribution < -0.4 is 5.32 Å². The lowest BCUT2D eigenvalue weighted by Crippen LogP contribution is -2.48. The van der Waals surface area contributed by atoms with Crippen LogP contribution in [0.1, 0.15) is 26.3 Å². The first-order valence-corrected chi connectivity index (χ1v) is 12.4. The SMILES string of the molecule is CSc1cccc(Nc2ncnn3ccc(COC[C@@H]4CN(C(=O)OC(C)(C)C)CCO4)c23)c1. The lowest BCUT2D eigenvalue weighted by atomic mass is 10.2. The molecule has 34 heavy (non-hydrogen) atoms. The first-order chi connectivity index (χ1) is 16.3. The van der Waals surface area contributed by atoms with E-state index in [4.69, 9.17) is 14.2 Å². The van der Waals surface area contributed by atoms with Crippen molar-refractivity contribution >= 4 is 34.9 Å². The summed E-state index contributed by atoms with van der Waals surface area (Å²) in [7, 11) is 0. The third kappa shape index (κ3) is 6.19. The Bertz CT molecular complexity index is 1130. The van der Waals surface area contributed by atoms with E-state index in [1.54, 1.807) is 21.2 Å². The van der Waals surface area contributed by atoms with Crippen LogP contribution in [0.25, 0.3) is 5.52 Å². The molecule has 1 fully saturated rings. The molecule has 1 N–H and O–H groups in total. The van der Waals surface area contributed by atoms with Gasteiger partial charge in [0.15, 0.2) is 5.82 Å². The van der Waals surface area contributed by atoms with Gasteiger partial charge in [0.1, 0.15) is 17.4 Å². The Balaban J connectivity index is 1.39. The van der Waals surface area contributed by atoms with Crippen LogP contribution in [0.4, 0.5) is 16.3 Å². The van der Waals surface area contributed by atoms with E-state index in [2.05, 4.69) is 27.5 Å². The minimum Gasteiger partial charge on any atom is -0.444 e. The smallest absolute Gasteiger partial charge is 0.410 e. The summed E-state index contributed by atoms with van der Waals surface area (Å²) in [5, 5.41) is 7.72. The predicted molar refractivity (Wildman–Crippen MR) is 132 cm³/mol. The summed E-state index contributed by atoms with van der Waals surface area (Å²) < 4.78 is 19.1.